The Kier molecular flexibility index (Phi) is 5.80. The normalized spacial score (nSPS) is 11.9. The van der Waals surface area contributed by atoms with Crippen molar-refractivity contribution in [2.75, 3.05) is 5.32 Å². The number of carbonyl (C=O) groups excluding carboxylic acids is 1. The van der Waals surface area contributed by atoms with Gasteiger partial charge in [-0.1, -0.05) is 36.2 Å². The van der Waals surface area contributed by atoms with Crippen LogP contribution in [0.25, 0.3) is 0 Å². The minimum absolute atomic E-state index is 0.00125. The summed E-state index contributed by atoms with van der Waals surface area (Å²) in [6.07, 6.45) is -0.311. The zero-order valence-electron chi connectivity index (χ0n) is 14.7. The molecule has 0 fully saturated rings. The summed E-state index contributed by atoms with van der Waals surface area (Å²) < 4.78 is 5.82. The summed E-state index contributed by atoms with van der Waals surface area (Å²) in [4.78, 5) is 12.5. The van der Waals surface area contributed by atoms with Crippen molar-refractivity contribution in [2.45, 2.75) is 40.2 Å². The van der Waals surface area contributed by atoms with Crippen molar-refractivity contribution in [1.82, 2.24) is 0 Å². The summed E-state index contributed by atoms with van der Waals surface area (Å²) in [5.41, 5.74) is 2.43. The topological polar surface area (TPSA) is 78.8 Å². The molecule has 5 nitrogen and oxygen atoms in total. The van der Waals surface area contributed by atoms with Crippen molar-refractivity contribution in [3.63, 3.8) is 0 Å². The van der Waals surface area contributed by atoms with E-state index in [2.05, 4.69) is 5.32 Å². The van der Waals surface area contributed by atoms with Gasteiger partial charge in [-0.15, -0.1) is 0 Å². The van der Waals surface area contributed by atoms with Gasteiger partial charge in [-0.3, -0.25) is 4.79 Å². The highest BCUT2D eigenvalue weighted by molar-refractivity contribution is 6.33. The molecule has 0 aliphatic rings. The quantitative estimate of drug-likeness (QED) is 0.541. The number of rotatable bonds is 5. The van der Waals surface area contributed by atoms with Crippen LogP contribution < -0.4 is 10.1 Å². The molecule has 0 heterocycles. The van der Waals surface area contributed by atoms with Gasteiger partial charge in [0.15, 0.2) is 11.9 Å². The average Bonchev–Trinajstić information content (AvgIpc) is 2.57. The predicted molar refractivity (Wildman–Crippen MR) is 98.8 cm³/mol. The van der Waals surface area contributed by atoms with Gasteiger partial charge < -0.3 is 20.3 Å². The number of aromatic hydroxyl groups is 2. The Balaban J connectivity index is 2.21. The molecular weight excluding hydrogens is 342 g/mol. The molecule has 1 amide bonds. The first kappa shape index (κ1) is 18.9. The number of carbonyl (C=O) groups is 1. The van der Waals surface area contributed by atoms with Crippen LogP contribution in [0.3, 0.4) is 0 Å². The van der Waals surface area contributed by atoms with Gasteiger partial charge in [0.1, 0.15) is 11.5 Å². The third kappa shape index (κ3) is 4.17. The maximum atomic E-state index is 12.5. The van der Waals surface area contributed by atoms with Gasteiger partial charge in [-0.05, 0) is 38.8 Å². The molecule has 2 rings (SSSR count). The smallest absolute Gasteiger partial charge is 0.265 e. The van der Waals surface area contributed by atoms with Gasteiger partial charge in [-0.2, -0.15) is 0 Å². The van der Waals surface area contributed by atoms with E-state index in [1.807, 2.05) is 39.0 Å². The summed E-state index contributed by atoms with van der Waals surface area (Å²) in [5.74, 6) is -0.202. The number of benzene rings is 2. The van der Waals surface area contributed by atoms with E-state index in [4.69, 9.17) is 16.3 Å². The van der Waals surface area contributed by atoms with Gasteiger partial charge in [0.05, 0.1) is 10.7 Å². The van der Waals surface area contributed by atoms with E-state index >= 15 is 0 Å². The maximum Gasteiger partial charge on any atom is 0.265 e. The Hall–Kier alpha value is -2.40. The Labute approximate surface area is 152 Å². The number of phenolic OH excluding ortho intramolecular Hbond substituents is 2. The van der Waals surface area contributed by atoms with Crippen molar-refractivity contribution in [3.05, 3.63) is 46.0 Å². The molecule has 1 unspecified atom stereocenters. The van der Waals surface area contributed by atoms with Crippen LogP contribution in [-0.4, -0.2) is 22.2 Å². The van der Waals surface area contributed by atoms with Crippen molar-refractivity contribution in [2.24, 2.45) is 0 Å². The SMILES string of the molecule is CCC(Oc1ccc(C)cc1C)C(=O)Nc1cc(O)c(C)c(Cl)c1O. The van der Waals surface area contributed by atoms with E-state index in [9.17, 15) is 15.0 Å². The van der Waals surface area contributed by atoms with Gasteiger partial charge in [-0.25, -0.2) is 0 Å². The van der Waals surface area contributed by atoms with Gasteiger partial charge in [0, 0.05) is 11.6 Å². The number of aryl methyl sites for hydroxylation is 2. The Bertz CT molecular complexity index is 804. The maximum absolute atomic E-state index is 12.5. The van der Waals surface area contributed by atoms with Crippen LogP contribution in [0.1, 0.15) is 30.0 Å². The first-order valence-electron chi connectivity index (χ1n) is 8.00. The second-order valence-corrected chi connectivity index (χ2v) is 6.38. The van der Waals surface area contributed by atoms with Crippen molar-refractivity contribution >= 4 is 23.2 Å². The Morgan fingerprint density at radius 2 is 1.92 bits per heavy atom. The molecule has 0 saturated carbocycles. The minimum Gasteiger partial charge on any atom is -0.508 e. The van der Waals surface area contributed by atoms with Crippen molar-refractivity contribution in [3.8, 4) is 17.2 Å². The molecule has 0 radical (unpaired) electrons. The molecular formula is C19H22ClNO4. The van der Waals surface area contributed by atoms with E-state index < -0.39 is 12.0 Å². The summed E-state index contributed by atoms with van der Waals surface area (Å²) >= 11 is 5.96. The fourth-order valence-corrected chi connectivity index (χ4v) is 2.64. The molecule has 0 aliphatic heterocycles. The molecule has 0 aromatic heterocycles. The monoisotopic (exact) mass is 363 g/mol. The molecule has 6 heteroatoms. The number of ether oxygens (including phenoxy) is 1. The van der Waals surface area contributed by atoms with Crippen LogP contribution in [0.5, 0.6) is 17.2 Å². The predicted octanol–water partition coefficient (Wildman–Crippen LogP) is 4.47. The van der Waals surface area contributed by atoms with Crippen LogP contribution in [0.15, 0.2) is 24.3 Å². The summed E-state index contributed by atoms with van der Waals surface area (Å²) in [6.45, 7) is 7.29. The molecule has 3 N–H and O–H groups in total. The van der Waals surface area contributed by atoms with Crippen LogP contribution >= 0.6 is 11.6 Å². The lowest BCUT2D eigenvalue weighted by molar-refractivity contribution is -0.122. The second kappa shape index (κ2) is 7.66. The molecule has 2 aromatic rings. The lowest BCUT2D eigenvalue weighted by Gasteiger charge is -2.19. The lowest BCUT2D eigenvalue weighted by Crippen LogP contribution is -2.32. The Morgan fingerprint density at radius 3 is 2.52 bits per heavy atom. The minimum atomic E-state index is -0.747. The Morgan fingerprint density at radius 1 is 1.24 bits per heavy atom. The molecule has 0 bridgehead atoms. The first-order chi connectivity index (χ1) is 11.7. The lowest BCUT2D eigenvalue weighted by atomic mass is 10.1. The zero-order chi connectivity index (χ0) is 18.7. The van der Waals surface area contributed by atoms with Gasteiger partial charge >= 0.3 is 0 Å². The number of nitrogens with one attached hydrogen (secondary N) is 1. The number of amides is 1. The third-order valence-electron chi connectivity index (χ3n) is 3.98. The molecule has 0 saturated heterocycles. The fourth-order valence-electron chi connectivity index (χ4n) is 2.44. The number of halogens is 1. The standard InChI is InChI=1S/C19H22ClNO4/c1-5-15(25-16-7-6-10(2)8-11(16)3)19(24)21-13-9-14(22)12(4)17(20)18(13)23/h6-9,15,22-23H,5H2,1-4H3,(H,21,24). The van der Waals surface area contributed by atoms with Crippen LogP contribution in [0.2, 0.25) is 5.02 Å². The third-order valence-corrected chi connectivity index (χ3v) is 4.44. The number of hydrogen-bond acceptors (Lipinski definition) is 4. The number of hydrogen-bond donors (Lipinski definition) is 3. The molecule has 0 spiro atoms. The molecule has 2 aromatic carbocycles. The zero-order valence-corrected chi connectivity index (χ0v) is 15.4. The first-order valence-corrected chi connectivity index (χ1v) is 8.38. The van der Waals surface area contributed by atoms with Gasteiger partial charge in [0.2, 0.25) is 0 Å². The number of anilines is 1. The highest BCUT2D eigenvalue weighted by Crippen LogP contribution is 2.39. The van der Waals surface area contributed by atoms with Crippen LogP contribution in [-0.2, 0) is 4.79 Å². The fraction of sp³-hybridized carbons (Fsp3) is 0.316. The summed E-state index contributed by atoms with van der Waals surface area (Å²) in [6, 6.07) is 6.98. The molecule has 25 heavy (non-hydrogen) atoms. The van der Waals surface area contributed by atoms with Crippen molar-refractivity contribution in [1.29, 1.82) is 0 Å². The van der Waals surface area contributed by atoms with E-state index in [-0.39, 0.29) is 22.2 Å². The van der Waals surface area contributed by atoms with E-state index in [1.165, 1.54) is 6.07 Å². The summed E-state index contributed by atoms with van der Waals surface area (Å²) in [5, 5.41) is 22.5. The van der Waals surface area contributed by atoms with E-state index in [0.717, 1.165) is 11.1 Å². The molecule has 0 aliphatic carbocycles. The van der Waals surface area contributed by atoms with E-state index in [1.54, 1.807) is 6.92 Å². The molecule has 1 atom stereocenters. The largest absolute Gasteiger partial charge is 0.508 e. The van der Waals surface area contributed by atoms with Crippen LogP contribution in [0, 0.1) is 20.8 Å². The highest BCUT2D eigenvalue weighted by atomic mass is 35.5. The summed E-state index contributed by atoms with van der Waals surface area (Å²) in [7, 11) is 0. The van der Waals surface area contributed by atoms with Crippen LogP contribution in [0.4, 0.5) is 5.69 Å². The average molecular weight is 364 g/mol. The molecule has 134 valence electrons. The highest BCUT2D eigenvalue weighted by Gasteiger charge is 2.22. The van der Waals surface area contributed by atoms with E-state index in [0.29, 0.717) is 17.7 Å². The van der Waals surface area contributed by atoms with Gasteiger partial charge in [0.25, 0.3) is 5.91 Å². The van der Waals surface area contributed by atoms with Crippen molar-refractivity contribution < 1.29 is 19.7 Å². The second-order valence-electron chi connectivity index (χ2n) is 6.00. The number of phenols is 2.